The summed E-state index contributed by atoms with van der Waals surface area (Å²) in [7, 11) is 0. The number of aliphatic hydroxyl groups excluding tert-OH is 3. The third-order valence-corrected chi connectivity index (χ3v) is 7.56. The third kappa shape index (κ3) is 5.87. The smallest absolute Gasteiger partial charge is 0.124 e. The Morgan fingerprint density at radius 1 is 0.806 bits per heavy atom. The maximum absolute atomic E-state index is 10.8. The van der Waals surface area contributed by atoms with Gasteiger partial charge in [0.1, 0.15) is 42.0 Å². The summed E-state index contributed by atoms with van der Waals surface area (Å²) in [5, 5.41) is 31.6. The summed E-state index contributed by atoms with van der Waals surface area (Å²) < 4.78 is 23.8. The van der Waals surface area contributed by atoms with Crippen LogP contribution >= 0.6 is 0 Å². The van der Waals surface area contributed by atoms with Crippen molar-refractivity contribution in [3.8, 4) is 11.5 Å². The second-order valence-electron chi connectivity index (χ2n) is 10.3. The molecule has 7 nitrogen and oxygen atoms in total. The molecule has 1 unspecified atom stereocenters. The van der Waals surface area contributed by atoms with Crippen LogP contribution in [0.3, 0.4) is 0 Å². The minimum atomic E-state index is -1.27. The van der Waals surface area contributed by atoms with E-state index in [4.69, 9.17) is 18.9 Å². The average molecular weight is 499 g/mol. The van der Waals surface area contributed by atoms with Gasteiger partial charge in [-0.1, -0.05) is 25.1 Å². The number of rotatable bonds is 8. The standard InChI is InChI=1S/C29H38O7/c1-2-25-26(30)27(31)28(32)29(36-25)20-14-19(15-24(16-20)35-21-5-3-4-6-21)13-18-7-9-22(10-8-18)34-23-11-12-33-17-23/h7-10,14-16,21,23,25-32H,2-6,11-13,17H2,1H3/t23?,25-,26-,27+,28-,29+/m1/s1. The Hall–Kier alpha value is -2.16. The molecule has 2 aliphatic heterocycles. The minimum absolute atomic E-state index is 0.116. The van der Waals surface area contributed by atoms with Crippen molar-refractivity contribution in [3.05, 3.63) is 59.2 Å². The average Bonchev–Trinajstić information content (AvgIpc) is 3.58. The zero-order chi connectivity index (χ0) is 25.1. The fourth-order valence-corrected chi connectivity index (χ4v) is 5.50. The molecule has 0 amide bonds. The topological polar surface area (TPSA) is 97.6 Å². The molecule has 3 N–H and O–H groups in total. The lowest BCUT2D eigenvalue weighted by Crippen LogP contribution is -2.53. The van der Waals surface area contributed by atoms with Crippen molar-refractivity contribution >= 4 is 0 Å². The van der Waals surface area contributed by atoms with Gasteiger partial charge in [-0.2, -0.15) is 0 Å². The molecule has 36 heavy (non-hydrogen) atoms. The monoisotopic (exact) mass is 498 g/mol. The van der Waals surface area contributed by atoms with E-state index in [2.05, 4.69) is 18.2 Å². The van der Waals surface area contributed by atoms with Crippen LogP contribution in [0.2, 0.25) is 0 Å². The molecule has 2 saturated heterocycles. The summed E-state index contributed by atoms with van der Waals surface area (Å²) in [5.41, 5.74) is 2.90. The molecule has 0 bridgehead atoms. The first kappa shape index (κ1) is 25.5. The van der Waals surface area contributed by atoms with Gasteiger partial charge in [-0.15, -0.1) is 0 Å². The highest BCUT2D eigenvalue weighted by atomic mass is 16.5. The van der Waals surface area contributed by atoms with Crippen LogP contribution in [0.5, 0.6) is 11.5 Å². The largest absolute Gasteiger partial charge is 0.490 e. The summed E-state index contributed by atoms with van der Waals surface area (Å²) in [6, 6.07) is 14.1. The molecule has 2 aromatic rings. The maximum Gasteiger partial charge on any atom is 0.124 e. The third-order valence-electron chi connectivity index (χ3n) is 7.56. The lowest BCUT2D eigenvalue weighted by atomic mass is 9.89. The Bertz CT molecular complexity index is 980. The number of hydrogen-bond acceptors (Lipinski definition) is 7. The van der Waals surface area contributed by atoms with Crippen LogP contribution in [0.4, 0.5) is 0 Å². The summed E-state index contributed by atoms with van der Waals surface area (Å²) in [6.07, 6.45) is 1.95. The zero-order valence-corrected chi connectivity index (χ0v) is 20.9. The summed E-state index contributed by atoms with van der Waals surface area (Å²) in [4.78, 5) is 0. The van der Waals surface area contributed by atoms with Gasteiger partial charge in [0.15, 0.2) is 0 Å². The first-order valence-electron chi connectivity index (χ1n) is 13.3. The molecule has 2 aromatic carbocycles. The number of benzene rings is 2. The van der Waals surface area contributed by atoms with Gasteiger partial charge in [0, 0.05) is 6.42 Å². The minimum Gasteiger partial charge on any atom is -0.490 e. The van der Waals surface area contributed by atoms with Crippen LogP contribution in [0.1, 0.15) is 68.2 Å². The molecular formula is C29H38O7. The summed E-state index contributed by atoms with van der Waals surface area (Å²) in [6.45, 7) is 3.28. The number of aliphatic hydroxyl groups is 3. The van der Waals surface area contributed by atoms with Crippen LogP contribution in [0, 0.1) is 0 Å². The molecule has 196 valence electrons. The molecule has 3 aliphatic rings. The quantitative estimate of drug-likeness (QED) is 0.511. The van der Waals surface area contributed by atoms with E-state index in [1.165, 1.54) is 12.8 Å². The Kier molecular flexibility index (Phi) is 8.13. The second kappa shape index (κ2) is 11.5. The maximum atomic E-state index is 10.8. The summed E-state index contributed by atoms with van der Waals surface area (Å²) >= 11 is 0. The Balaban J connectivity index is 1.37. The van der Waals surface area contributed by atoms with Crippen LogP contribution < -0.4 is 9.47 Å². The van der Waals surface area contributed by atoms with E-state index >= 15 is 0 Å². The predicted molar refractivity (Wildman–Crippen MR) is 134 cm³/mol. The van der Waals surface area contributed by atoms with Crippen LogP contribution in [-0.2, 0) is 15.9 Å². The van der Waals surface area contributed by atoms with E-state index in [9.17, 15) is 15.3 Å². The van der Waals surface area contributed by atoms with E-state index in [0.29, 0.717) is 19.4 Å². The molecule has 7 heteroatoms. The van der Waals surface area contributed by atoms with Crippen molar-refractivity contribution in [2.24, 2.45) is 0 Å². The van der Waals surface area contributed by atoms with Crippen molar-refractivity contribution in [1.82, 2.24) is 0 Å². The van der Waals surface area contributed by atoms with E-state index in [1.54, 1.807) is 0 Å². The lowest BCUT2D eigenvalue weighted by molar-refractivity contribution is -0.225. The fraction of sp³-hybridized carbons (Fsp3) is 0.586. The molecule has 0 aromatic heterocycles. The Morgan fingerprint density at radius 2 is 1.56 bits per heavy atom. The SMILES string of the molecule is CC[C@H]1O[C@@H](c2cc(Cc3ccc(OC4CCOC4)cc3)cc(OC3CCCC3)c2)[C@H](O)[C@@H](O)[C@@H]1O. The van der Waals surface area contributed by atoms with Gasteiger partial charge in [0.25, 0.3) is 0 Å². The van der Waals surface area contributed by atoms with Crippen molar-refractivity contribution in [2.75, 3.05) is 13.2 Å². The van der Waals surface area contributed by atoms with Gasteiger partial charge in [-0.05, 0) is 79.5 Å². The first-order valence-corrected chi connectivity index (χ1v) is 13.3. The predicted octanol–water partition coefficient (Wildman–Crippen LogP) is 3.70. The Labute approximate surface area is 213 Å². The molecule has 5 rings (SSSR count). The molecule has 0 spiro atoms. The van der Waals surface area contributed by atoms with Gasteiger partial charge in [0.05, 0.1) is 25.4 Å². The molecule has 1 saturated carbocycles. The molecule has 6 atom stereocenters. The second-order valence-corrected chi connectivity index (χ2v) is 10.3. The first-order chi connectivity index (χ1) is 17.5. The van der Waals surface area contributed by atoms with Gasteiger partial charge < -0.3 is 34.3 Å². The van der Waals surface area contributed by atoms with Crippen molar-refractivity contribution in [2.45, 2.75) is 94.6 Å². The van der Waals surface area contributed by atoms with Crippen molar-refractivity contribution in [3.63, 3.8) is 0 Å². The highest BCUT2D eigenvalue weighted by Gasteiger charge is 2.43. The molecule has 3 fully saturated rings. The number of ether oxygens (including phenoxy) is 4. The number of hydrogen-bond donors (Lipinski definition) is 3. The van der Waals surface area contributed by atoms with E-state index in [0.717, 1.165) is 54.1 Å². The lowest BCUT2D eigenvalue weighted by Gasteiger charge is -2.40. The van der Waals surface area contributed by atoms with Gasteiger partial charge in [0.2, 0.25) is 0 Å². The highest BCUT2D eigenvalue weighted by Crippen LogP contribution is 2.36. The highest BCUT2D eigenvalue weighted by molar-refractivity contribution is 5.40. The fourth-order valence-electron chi connectivity index (χ4n) is 5.50. The van der Waals surface area contributed by atoms with Gasteiger partial charge in [-0.3, -0.25) is 0 Å². The van der Waals surface area contributed by atoms with Crippen LogP contribution in [-0.4, -0.2) is 65.2 Å². The van der Waals surface area contributed by atoms with E-state index in [1.807, 2.05) is 31.2 Å². The summed E-state index contributed by atoms with van der Waals surface area (Å²) in [5.74, 6) is 1.59. The normalized spacial score (nSPS) is 31.0. The van der Waals surface area contributed by atoms with Gasteiger partial charge >= 0.3 is 0 Å². The molecular weight excluding hydrogens is 460 g/mol. The molecule has 2 heterocycles. The van der Waals surface area contributed by atoms with Crippen LogP contribution in [0.25, 0.3) is 0 Å². The van der Waals surface area contributed by atoms with E-state index < -0.39 is 30.5 Å². The molecule has 0 radical (unpaired) electrons. The van der Waals surface area contributed by atoms with E-state index in [-0.39, 0.29) is 12.2 Å². The van der Waals surface area contributed by atoms with Crippen molar-refractivity contribution in [1.29, 1.82) is 0 Å². The Morgan fingerprint density at radius 3 is 2.25 bits per heavy atom. The van der Waals surface area contributed by atoms with Crippen molar-refractivity contribution < 1.29 is 34.3 Å². The van der Waals surface area contributed by atoms with Gasteiger partial charge in [-0.25, -0.2) is 0 Å². The zero-order valence-electron chi connectivity index (χ0n) is 20.9. The molecule has 1 aliphatic carbocycles. The van der Waals surface area contributed by atoms with Crippen LogP contribution in [0.15, 0.2) is 42.5 Å².